The first-order chi connectivity index (χ1) is 13.1. The van der Waals surface area contributed by atoms with Gasteiger partial charge < -0.3 is 20.7 Å². The fraction of sp³-hybridized carbons (Fsp3) is 0.400. The van der Waals surface area contributed by atoms with Gasteiger partial charge in [0.05, 0.1) is 22.7 Å². The molecule has 3 N–H and O–H groups in total. The molecule has 8 heteroatoms. The van der Waals surface area contributed by atoms with Gasteiger partial charge in [-0.2, -0.15) is 0 Å². The van der Waals surface area contributed by atoms with E-state index in [0.717, 1.165) is 25.9 Å². The molecule has 2 aromatic rings. The fourth-order valence-electron chi connectivity index (χ4n) is 3.38. The number of nitrogens with one attached hydrogen (secondary N) is 3. The second kappa shape index (κ2) is 10.6. The zero-order valence-corrected chi connectivity index (χ0v) is 17.5. The lowest BCUT2D eigenvalue weighted by atomic mass is 9.79. The van der Waals surface area contributed by atoms with Crippen LogP contribution in [0, 0.1) is 5.41 Å². The van der Waals surface area contributed by atoms with Gasteiger partial charge in [0, 0.05) is 19.1 Å². The summed E-state index contributed by atoms with van der Waals surface area (Å²) in [6.07, 6.45) is 1.91. The van der Waals surface area contributed by atoms with Gasteiger partial charge in [-0.05, 0) is 49.5 Å². The highest BCUT2D eigenvalue weighted by molar-refractivity contribution is 7.12. The van der Waals surface area contributed by atoms with Crippen molar-refractivity contribution in [3.05, 3.63) is 52.2 Å². The van der Waals surface area contributed by atoms with Crippen LogP contribution in [0.5, 0.6) is 0 Å². The Hall–Kier alpha value is -1.93. The van der Waals surface area contributed by atoms with Gasteiger partial charge in [0.2, 0.25) is 0 Å². The molecule has 0 saturated carbocycles. The third kappa shape index (κ3) is 5.54. The van der Waals surface area contributed by atoms with Crippen LogP contribution < -0.4 is 16.0 Å². The third-order valence-corrected chi connectivity index (χ3v) is 5.77. The number of hydrogen-bond donors (Lipinski definition) is 3. The summed E-state index contributed by atoms with van der Waals surface area (Å²) < 4.78 is 5.41. The van der Waals surface area contributed by atoms with E-state index < -0.39 is 0 Å². The van der Waals surface area contributed by atoms with Gasteiger partial charge in [-0.25, -0.2) is 0 Å². The molecule has 1 aliphatic heterocycles. The average Bonchev–Trinajstić information content (AvgIpc) is 3.23. The van der Waals surface area contributed by atoms with Gasteiger partial charge in [0.15, 0.2) is 0 Å². The Morgan fingerprint density at radius 3 is 2.57 bits per heavy atom. The predicted octanol–water partition coefficient (Wildman–Crippen LogP) is 3.17. The predicted molar refractivity (Wildman–Crippen MR) is 115 cm³/mol. The van der Waals surface area contributed by atoms with Gasteiger partial charge in [-0.1, -0.05) is 18.2 Å². The largest absolute Gasteiger partial charge is 0.384 e. The highest BCUT2D eigenvalue weighted by Crippen LogP contribution is 2.28. The van der Waals surface area contributed by atoms with Crippen LogP contribution in [0.15, 0.2) is 41.8 Å². The van der Waals surface area contributed by atoms with Crippen molar-refractivity contribution in [2.24, 2.45) is 5.41 Å². The van der Waals surface area contributed by atoms with Crippen LogP contribution in [-0.4, -0.2) is 45.2 Å². The number of rotatable bonds is 7. The first-order valence-corrected chi connectivity index (χ1v) is 9.93. The molecule has 3 rings (SSSR count). The van der Waals surface area contributed by atoms with Crippen molar-refractivity contribution in [3.8, 4) is 0 Å². The molecule has 0 radical (unpaired) electrons. The molecule has 0 unspecified atom stereocenters. The lowest BCUT2D eigenvalue weighted by molar-refractivity contribution is 0.0512. The van der Waals surface area contributed by atoms with Crippen molar-refractivity contribution in [3.63, 3.8) is 0 Å². The molecule has 28 heavy (non-hydrogen) atoms. The zero-order chi connectivity index (χ0) is 19.1. The quantitative estimate of drug-likeness (QED) is 0.639. The third-order valence-electron chi connectivity index (χ3n) is 4.90. The smallest absolute Gasteiger partial charge is 0.265 e. The molecule has 1 saturated heterocycles. The number of ether oxygens (including phenoxy) is 1. The molecule has 6 nitrogen and oxygen atoms in total. The van der Waals surface area contributed by atoms with E-state index in [1.807, 2.05) is 11.4 Å². The molecule has 2 heterocycles. The summed E-state index contributed by atoms with van der Waals surface area (Å²) in [5, 5.41) is 11.1. The van der Waals surface area contributed by atoms with Crippen molar-refractivity contribution >= 4 is 41.2 Å². The second-order valence-corrected chi connectivity index (χ2v) is 7.79. The van der Waals surface area contributed by atoms with Gasteiger partial charge in [0.1, 0.15) is 0 Å². The standard InChI is InChI=1S/C20H25N3O3S.ClH/c1-26-14-20(8-10-21-11-9-20)13-22-18(24)15-5-2-3-6-16(15)23-19(25)17-7-4-12-27-17;/h2-7,12,21H,8-11,13-14H2,1H3,(H,22,24)(H,23,25);1H. The summed E-state index contributed by atoms with van der Waals surface area (Å²) in [4.78, 5) is 25.8. The maximum absolute atomic E-state index is 12.8. The number of carbonyl (C=O) groups excluding carboxylic acids is 2. The Kier molecular flexibility index (Phi) is 8.44. The Morgan fingerprint density at radius 1 is 1.14 bits per heavy atom. The number of halogens is 1. The number of anilines is 1. The topological polar surface area (TPSA) is 79.5 Å². The minimum absolute atomic E-state index is 0. The van der Waals surface area contributed by atoms with E-state index in [1.54, 1.807) is 37.4 Å². The molecule has 0 aliphatic carbocycles. The maximum Gasteiger partial charge on any atom is 0.265 e. The second-order valence-electron chi connectivity index (χ2n) is 6.84. The summed E-state index contributed by atoms with van der Waals surface area (Å²) in [5.74, 6) is -0.398. The molecule has 0 spiro atoms. The van der Waals surface area contributed by atoms with E-state index in [1.165, 1.54) is 11.3 Å². The van der Waals surface area contributed by atoms with E-state index in [4.69, 9.17) is 4.74 Å². The minimum Gasteiger partial charge on any atom is -0.384 e. The number of carbonyl (C=O) groups is 2. The van der Waals surface area contributed by atoms with E-state index in [-0.39, 0.29) is 29.6 Å². The van der Waals surface area contributed by atoms with Crippen molar-refractivity contribution in [1.29, 1.82) is 0 Å². The zero-order valence-electron chi connectivity index (χ0n) is 15.8. The van der Waals surface area contributed by atoms with Crippen molar-refractivity contribution < 1.29 is 14.3 Å². The molecule has 0 bridgehead atoms. The van der Waals surface area contributed by atoms with Crippen LogP contribution in [-0.2, 0) is 4.74 Å². The van der Waals surface area contributed by atoms with Gasteiger partial charge >= 0.3 is 0 Å². The number of piperidine rings is 1. The van der Waals surface area contributed by atoms with Gasteiger partial charge in [-0.15, -0.1) is 23.7 Å². The Labute approximate surface area is 175 Å². The van der Waals surface area contributed by atoms with Crippen LogP contribution >= 0.6 is 23.7 Å². The lowest BCUT2D eigenvalue weighted by Crippen LogP contribution is -2.47. The highest BCUT2D eigenvalue weighted by Gasteiger charge is 2.32. The van der Waals surface area contributed by atoms with Crippen LogP contribution in [0.3, 0.4) is 0 Å². The number of methoxy groups -OCH3 is 1. The fourth-order valence-corrected chi connectivity index (χ4v) is 4.00. The normalized spacial score (nSPS) is 15.3. The van der Waals surface area contributed by atoms with Crippen LogP contribution in [0.25, 0.3) is 0 Å². The molecule has 1 aliphatic rings. The molecule has 152 valence electrons. The van der Waals surface area contributed by atoms with E-state index in [2.05, 4.69) is 16.0 Å². The van der Waals surface area contributed by atoms with E-state index in [9.17, 15) is 9.59 Å². The number of hydrogen-bond acceptors (Lipinski definition) is 5. The summed E-state index contributed by atoms with van der Waals surface area (Å²) in [7, 11) is 1.70. The summed E-state index contributed by atoms with van der Waals surface area (Å²) >= 11 is 1.37. The van der Waals surface area contributed by atoms with Crippen LogP contribution in [0.4, 0.5) is 5.69 Å². The average molecular weight is 424 g/mol. The molecular weight excluding hydrogens is 398 g/mol. The Morgan fingerprint density at radius 2 is 1.89 bits per heavy atom. The molecule has 1 aromatic carbocycles. The van der Waals surface area contributed by atoms with Gasteiger partial charge in [-0.3, -0.25) is 9.59 Å². The van der Waals surface area contributed by atoms with Crippen molar-refractivity contribution in [2.45, 2.75) is 12.8 Å². The SMILES string of the molecule is COCC1(CNC(=O)c2ccccc2NC(=O)c2cccs2)CCNCC1.Cl. The Bertz CT molecular complexity index is 771. The van der Waals surface area contributed by atoms with Crippen LogP contribution in [0.1, 0.15) is 32.9 Å². The molecule has 0 atom stereocenters. The van der Waals surface area contributed by atoms with E-state index in [0.29, 0.717) is 29.3 Å². The Balaban J connectivity index is 0.00000280. The van der Waals surface area contributed by atoms with E-state index >= 15 is 0 Å². The monoisotopic (exact) mass is 423 g/mol. The molecule has 2 amide bonds. The molecule has 1 fully saturated rings. The highest BCUT2D eigenvalue weighted by atomic mass is 35.5. The van der Waals surface area contributed by atoms with Crippen molar-refractivity contribution in [1.82, 2.24) is 10.6 Å². The lowest BCUT2D eigenvalue weighted by Gasteiger charge is -2.37. The summed E-state index contributed by atoms with van der Waals surface area (Å²) in [5.41, 5.74) is 0.925. The summed E-state index contributed by atoms with van der Waals surface area (Å²) in [6, 6.07) is 10.7. The van der Waals surface area contributed by atoms with Gasteiger partial charge in [0.25, 0.3) is 11.8 Å². The first-order valence-electron chi connectivity index (χ1n) is 9.05. The van der Waals surface area contributed by atoms with Crippen molar-refractivity contribution in [2.75, 3.05) is 38.7 Å². The number of benzene rings is 1. The summed E-state index contributed by atoms with van der Waals surface area (Å²) in [6.45, 7) is 3.01. The minimum atomic E-state index is -0.209. The van der Waals surface area contributed by atoms with Crippen LogP contribution in [0.2, 0.25) is 0 Å². The number of para-hydroxylation sites is 1. The molecule has 1 aromatic heterocycles. The molecular formula is C20H26ClN3O3S. The first kappa shape index (κ1) is 22.4. The maximum atomic E-state index is 12.8. The number of amides is 2. The number of thiophene rings is 1.